The first-order valence-electron chi connectivity index (χ1n) is 8.82. The second-order valence-corrected chi connectivity index (χ2v) is 6.66. The lowest BCUT2D eigenvalue weighted by Gasteiger charge is -2.12. The molecule has 0 aliphatic carbocycles. The number of aliphatic hydroxyl groups excluding tert-OH is 1. The third kappa shape index (κ3) is 5.24. The summed E-state index contributed by atoms with van der Waals surface area (Å²) in [7, 11) is 0. The molecule has 2 aromatic heterocycles. The van der Waals surface area contributed by atoms with E-state index in [-0.39, 0.29) is 6.01 Å². The van der Waals surface area contributed by atoms with E-state index < -0.39 is 6.10 Å². The number of nitrogens with zero attached hydrogens (tertiary/aromatic N) is 4. The van der Waals surface area contributed by atoms with E-state index in [1.54, 1.807) is 13.1 Å². The van der Waals surface area contributed by atoms with E-state index in [4.69, 9.17) is 16.3 Å². The van der Waals surface area contributed by atoms with Crippen LogP contribution < -0.4 is 10.1 Å². The minimum absolute atomic E-state index is 0.211. The van der Waals surface area contributed by atoms with Crippen molar-refractivity contribution in [1.82, 2.24) is 19.9 Å². The molecule has 2 N–H and O–H groups in total. The summed E-state index contributed by atoms with van der Waals surface area (Å²) in [5.74, 6) is 0.561. The Morgan fingerprint density at radius 3 is 2.74 bits per heavy atom. The van der Waals surface area contributed by atoms with Crippen LogP contribution in [0.1, 0.15) is 24.6 Å². The van der Waals surface area contributed by atoms with Crippen LogP contribution in [0.15, 0.2) is 30.5 Å². The standard InChI is InChI=1S/C19H22ClN5O2/c1-12(26)10-22-18-13(2)17(20)24-19(25-18)27-9-5-6-14-11-21-15-7-3-4-8-16(15)23-14/h3-4,7-8,11-12,26H,5-6,9-10H2,1-2H3,(H,22,24,25). The van der Waals surface area contributed by atoms with Gasteiger partial charge < -0.3 is 15.2 Å². The number of halogens is 1. The number of aryl methyl sites for hydroxylation is 1. The predicted octanol–water partition coefficient (Wildman–Crippen LogP) is 3.19. The zero-order chi connectivity index (χ0) is 19.2. The first kappa shape index (κ1) is 19.3. The molecule has 0 aliphatic heterocycles. The number of hydrogen-bond acceptors (Lipinski definition) is 7. The fraction of sp³-hybridized carbons (Fsp3) is 0.368. The van der Waals surface area contributed by atoms with E-state index in [9.17, 15) is 5.11 Å². The first-order chi connectivity index (χ1) is 13.0. The molecule has 0 fully saturated rings. The summed E-state index contributed by atoms with van der Waals surface area (Å²) in [6, 6.07) is 8.00. The Labute approximate surface area is 162 Å². The normalized spacial score (nSPS) is 12.1. The largest absolute Gasteiger partial charge is 0.463 e. The van der Waals surface area contributed by atoms with Crippen LogP contribution in [0.3, 0.4) is 0 Å². The number of nitrogens with one attached hydrogen (secondary N) is 1. The molecule has 1 aromatic carbocycles. The molecule has 0 radical (unpaired) electrons. The summed E-state index contributed by atoms with van der Waals surface area (Å²) < 4.78 is 5.64. The molecule has 142 valence electrons. The van der Waals surface area contributed by atoms with Crippen molar-refractivity contribution in [3.8, 4) is 6.01 Å². The zero-order valence-corrected chi connectivity index (χ0v) is 16.1. The maximum Gasteiger partial charge on any atom is 0.319 e. The second-order valence-electron chi connectivity index (χ2n) is 6.30. The number of para-hydroxylation sites is 2. The number of benzene rings is 1. The van der Waals surface area contributed by atoms with E-state index in [1.165, 1.54) is 0 Å². The topological polar surface area (TPSA) is 93.1 Å². The minimum atomic E-state index is -0.495. The van der Waals surface area contributed by atoms with Crippen LogP contribution in [-0.4, -0.2) is 44.3 Å². The van der Waals surface area contributed by atoms with Gasteiger partial charge in [0, 0.05) is 18.3 Å². The highest BCUT2D eigenvalue weighted by molar-refractivity contribution is 6.30. The van der Waals surface area contributed by atoms with Crippen molar-refractivity contribution < 1.29 is 9.84 Å². The Morgan fingerprint density at radius 1 is 1.19 bits per heavy atom. The summed E-state index contributed by atoms with van der Waals surface area (Å²) in [4.78, 5) is 17.5. The van der Waals surface area contributed by atoms with Crippen molar-refractivity contribution in [3.63, 3.8) is 0 Å². The molecule has 7 nitrogen and oxygen atoms in total. The van der Waals surface area contributed by atoms with Gasteiger partial charge in [-0.3, -0.25) is 4.98 Å². The van der Waals surface area contributed by atoms with Gasteiger partial charge in [-0.25, -0.2) is 4.98 Å². The predicted molar refractivity (Wildman–Crippen MR) is 105 cm³/mol. The van der Waals surface area contributed by atoms with Crippen molar-refractivity contribution in [3.05, 3.63) is 46.9 Å². The van der Waals surface area contributed by atoms with Gasteiger partial charge in [-0.05, 0) is 38.8 Å². The molecule has 8 heteroatoms. The highest BCUT2D eigenvalue weighted by atomic mass is 35.5. The Bertz CT molecular complexity index is 920. The molecule has 0 saturated carbocycles. The van der Waals surface area contributed by atoms with Crippen molar-refractivity contribution >= 4 is 28.5 Å². The van der Waals surface area contributed by atoms with Crippen molar-refractivity contribution in [2.75, 3.05) is 18.5 Å². The van der Waals surface area contributed by atoms with Crippen LogP contribution in [0.4, 0.5) is 5.82 Å². The lowest BCUT2D eigenvalue weighted by Crippen LogP contribution is -2.17. The molecular formula is C19H22ClN5O2. The van der Waals surface area contributed by atoms with Gasteiger partial charge >= 0.3 is 6.01 Å². The second kappa shape index (κ2) is 8.92. The molecule has 0 saturated heterocycles. The molecule has 3 rings (SSSR count). The monoisotopic (exact) mass is 387 g/mol. The Morgan fingerprint density at radius 2 is 1.96 bits per heavy atom. The maximum absolute atomic E-state index is 9.41. The van der Waals surface area contributed by atoms with Gasteiger partial charge in [-0.15, -0.1) is 0 Å². The lowest BCUT2D eigenvalue weighted by atomic mass is 10.2. The number of aliphatic hydroxyl groups is 1. The number of hydrogen-bond donors (Lipinski definition) is 2. The summed E-state index contributed by atoms with van der Waals surface area (Å²) >= 11 is 6.15. The average Bonchev–Trinajstić information content (AvgIpc) is 2.66. The fourth-order valence-corrected chi connectivity index (χ4v) is 2.65. The van der Waals surface area contributed by atoms with Crippen LogP contribution in [0.5, 0.6) is 6.01 Å². The summed E-state index contributed by atoms with van der Waals surface area (Å²) in [5.41, 5.74) is 3.41. The molecule has 27 heavy (non-hydrogen) atoms. The van der Waals surface area contributed by atoms with E-state index in [0.29, 0.717) is 24.1 Å². The van der Waals surface area contributed by atoms with Crippen molar-refractivity contribution in [2.24, 2.45) is 0 Å². The van der Waals surface area contributed by atoms with Crippen LogP contribution >= 0.6 is 11.6 Å². The Balaban J connectivity index is 1.56. The summed E-state index contributed by atoms with van der Waals surface area (Å²) in [6.07, 6.45) is 2.79. The van der Waals surface area contributed by atoms with Crippen molar-refractivity contribution in [2.45, 2.75) is 32.8 Å². The van der Waals surface area contributed by atoms with E-state index in [1.807, 2.05) is 31.2 Å². The zero-order valence-electron chi connectivity index (χ0n) is 15.3. The number of ether oxygens (including phenoxy) is 1. The quantitative estimate of drug-likeness (QED) is 0.453. The highest BCUT2D eigenvalue weighted by Gasteiger charge is 2.11. The molecule has 0 amide bonds. The van der Waals surface area contributed by atoms with E-state index in [0.717, 1.165) is 35.1 Å². The maximum atomic E-state index is 9.41. The van der Waals surface area contributed by atoms with Crippen LogP contribution in [0.2, 0.25) is 5.15 Å². The molecule has 0 spiro atoms. The Hall–Kier alpha value is -2.51. The van der Waals surface area contributed by atoms with Crippen LogP contribution in [0, 0.1) is 6.92 Å². The van der Waals surface area contributed by atoms with E-state index in [2.05, 4.69) is 25.3 Å². The Kier molecular flexibility index (Phi) is 6.36. The SMILES string of the molecule is Cc1c(Cl)nc(OCCCc2cnc3ccccc3n2)nc1NCC(C)O. The van der Waals surface area contributed by atoms with Gasteiger partial charge in [0.1, 0.15) is 11.0 Å². The van der Waals surface area contributed by atoms with Gasteiger partial charge in [0.15, 0.2) is 0 Å². The average molecular weight is 388 g/mol. The number of fused-ring (bicyclic) bond motifs is 1. The van der Waals surface area contributed by atoms with Crippen LogP contribution in [-0.2, 0) is 6.42 Å². The number of anilines is 1. The third-order valence-corrected chi connectivity index (χ3v) is 4.31. The van der Waals surface area contributed by atoms with E-state index >= 15 is 0 Å². The lowest BCUT2D eigenvalue weighted by molar-refractivity contribution is 0.208. The van der Waals surface area contributed by atoms with Gasteiger partial charge in [0.05, 0.1) is 29.4 Å². The fourth-order valence-electron chi connectivity index (χ4n) is 2.48. The number of rotatable bonds is 8. The summed E-state index contributed by atoms with van der Waals surface area (Å²) in [5, 5.41) is 12.8. The molecule has 1 atom stereocenters. The molecule has 0 aliphatic rings. The highest BCUT2D eigenvalue weighted by Crippen LogP contribution is 2.22. The minimum Gasteiger partial charge on any atom is -0.463 e. The smallest absolute Gasteiger partial charge is 0.319 e. The third-order valence-electron chi connectivity index (χ3n) is 3.94. The molecule has 3 aromatic rings. The molecule has 1 unspecified atom stereocenters. The van der Waals surface area contributed by atoms with Gasteiger partial charge in [-0.2, -0.15) is 9.97 Å². The molecule has 2 heterocycles. The first-order valence-corrected chi connectivity index (χ1v) is 9.20. The van der Waals surface area contributed by atoms with Crippen LogP contribution in [0.25, 0.3) is 11.0 Å². The molecular weight excluding hydrogens is 366 g/mol. The van der Waals surface area contributed by atoms with Gasteiger partial charge in [0.25, 0.3) is 0 Å². The van der Waals surface area contributed by atoms with Crippen molar-refractivity contribution in [1.29, 1.82) is 0 Å². The number of aromatic nitrogens is 4. The molecule has 0 bridgehead atoms. The van der Waals surface area contributed by atoms with Gasteiger partial charge in [-0.1, -0.05) is 23.7 Å². The van der Waals surface area contributed by atoms with Gasteiger partial charge in [0.2, 0.25) is 0 Å². The summed E-state index contributed by atoms with van der Waals surface area (Å²) in [6.45, 7) is 4.31.